The standard InChI is InChI=1S/C22H26N2O3/c1-14-10-16(4-6-20(14)26-3)22-12-19(25)18-11-17(5-7-21(18)27-22)24-9-8-23-15(2)13-24/h4-7,10-11,15,22-23H,8-9,12-13H2,1-3H3/t15-,22?/m0/s1. The van der Waals surface area contributed by atoms with Gasteiger partial charge in [-0.2, -0.15) is 0 Å². The molecule has 0 spiro atoms. The molecule has 142 valence electrons. The molecule has 1 fully saturated rings. The quantitative estimate of drug-likeness (QED) is 0.901. The van der Waals surface area contributed by atoms with Gasteiger partial charge in [0.25, 0.3) is 0 Å². The molecule has 0 radical (unpaired) electrons. The van der Waals surface area contributed by atoms with Crippen molar-refractivity contribution in [3.63, 3.8) is 0 Å². The number of ketones is 1. The number of hydrogen-bond donors (Lipinski definition) is 1. The lowest BCUT2D eigenvalue weighted by molar-refractivity contribution is 0.0850. The molecule has 1 N–H and O–H groups in total. The summed E-state index contributed by atoms with van der Waals surface area (Å²) in [7, 11) is 1.66. The third-order valence-electron chi connectivity index (χ3n) is 5.43. The van der Waals surface area contributed by atoms with E-state index in [2.05, 4.69) is 23.2 Å². The van der Waals surface area contributed by atoms with Gasteiger partial charge in [-0.25, -0.2) is 0 Å². The van der Waals surface area contributed by atoms with Gasteiger partial charge in [0.2, 0.25) is 0 Å². The van der Waals surface area contributed by atoms with Gasteiger partial charge in [0.05, 0.1) is 19.1 Å². The molecule has 2 aliphatic rings. The Hall–Kier alpha value is -2.53. The Morgan fingerprint density at radius 2 is 2.07 bits per heavy atom. The molecule has 5 heteroatoms. The summed E-state index contributed by atoms with van der Waals surface area (Å²) in [6.07, 6.45) is 0.111. The molecule has 1 unspecified atom stereocenters. The molecule has 0 bridgehead atoms. The zero-order chi connectivity index (χ0) is 19.0. The van der Waals surface area contributed by atoms with Crippen molar-refractivity contribution >= 4 is 11.5 Å². The fraction of sp³-hybridized carbons (Fsp3) is 0.409. The molecule has 2 heterocycles. The summed E-state index contributed by atoms with van der Waals surface area (Å²) in [5, 5.41) is 3.45. The van der Waals surface area contributed by atoms with Gasteiger partial charge in [-0.1, -0.05) is 6.07 Å². The van der Waals surface area contributed by atoms with E-state index >= 15 is 0 Å². The van der Waals surface area contributed by atoms with Crippen LogP contribution in [0.3, 0.4) is 0 Å². The minimum atomic E-state index is -0.250. The molecular formula is C22H26N2O3. The number of benzene rings is 2. The molecule has 0 saturated carbocycles. The minimum Gasteiger partial charge on any atom is -0.496 e. The van der Waals surface area contributed by atoms with E-state index in [4.69, 9.17) is 9.47 Å². The highest BCUT2D eigenvalue weighted by Crippen LogP contribution is 2.38. The third kappa shape index (κ3) is 3.52. The fourth-order valence-electron chi connectivity index (χ4n) is 3.96. The minimum absolute atomic E-state index is 0.139. The number of rotatable bonds is 3. The zero-order valence-corrected chi connectivity index (χ0v) is 16.1. The van der Waals surface area contributed by atoms with Gasteiger partial charge in [-0.15, -0.1) is 0 Å². The van der Waals surface area contributed by atoms with Gasteiger partial charge in [-0.3, -0.25) is 4.79 Å². The van der Waals surface area contributed by atoms with Crippen LogP contribution in [0.5, 0.6) is 11.5 Å². The predicted octanol–water partition coefficient (Wildman–Crippen LogP) is 3.51. The number of fused-ring (bicyclic) bond motifs is 1. The highest BCUT2D eigenvalue weighted by molar-refractivity contribution is 6.01. The van der Waals surface area contributed by atoms with Crippen LogP contribution in [0.25, 0.3) is 0 Å². The molecule has 2 aromatic rings. The molecule has 4 rings (SSSR count). The van der Waals surface area contributed by atoms with E-state index < -0.39 is 0 Å². The largest absolute Gasteiger partial charge is 0.496 e. The first-order chi connectivity index (χ1) is 13.0. The van der Waals surface area contributed by atoms with Crippen LogP contribution in [0.2, 0.25) is 0 Å². The number of ether oxygens (including phenoxy) is 2. The van der Waals surface area contributed by atoms with Crippen molar-refractivity contribution in [1.82, 2.24) is 5.32 Å². The number of Topliss-reactive ketones (excluding diaryl/α,β-unsaturated/α-hetero) is 1. The van der Waals surface area contributed by atoms with Crippen LogP contribution in [-0.4, -0.2) is 38.6 Å². The predicted molar refractivity (Wildman–Crippen MR) is 106 cm³/mol. The normalized spacial score (nSPS) is 22.2. The smallest absolute Gasteiger partial charge is 0.170 e. The van der Waals surface area contributed by atoms with Crippen LogP contribution in [0.4, 0.5) is 5.69 Å². The van der Waals surface area contributed by atoms with Gasteiger partial charge in [0.1, 0.15) is 17.6 Å². The molecule has 2 aliphatic heterocycles. The van der Waals surface area contributed by atoms with Crippen LogP contribution in [-0.2, 0) is 0 Å². The zero-order valence-electron chi connectivity index (χ0n) is 16.1. The van der Waals surface area contributed by atoms with Crippen LogP contribution < -0.4 is 19.7 Å². The van der Waals surface area contributed by atoms with Gasteiger partial charge in [-0.05, 0) is 55.3 Å². The first-order valence-electron chi connectivity index (χ1n) is 9.52. The van der Waals surface area contributed by atoms with E-state index in [0.29, 0.717) is 23.8 Å². The summed E-state index contributed by atoms with van der Waals surface area (Å²) < 4.78 is 11.5. The number of carbonyl (C=O) groups is 1. The van der Waals surface area contributed by atoms with Crippen molar-refractivity contribution in [2.75, 3.05) is 31.6 Å². The molecule has 0 aliphatic carbocycles. The highest BCUT2D eigenvalue weighted by atomic mass is 16.5. The lowest BCUT2D eigenvalue weighted by Crippen LogP contribution is -2.49. The Balaban J connectivity index is 1.58. The van der Waals surface area contributed by atoms with Crippen molar-refractivity contribution in [2.24, 2.45) is 0 Å². The molecule has 27 heavy (non-hydrogen) atoms. The molecular weight excluding hydrogens is 340 g/mol. The van der Waals surface area contributed by atoms with Crippen molar-refractivity contribution in [2.45, 2.75) is 32.4 Å². The van der Waals surface area contributed by atoms with Crippen molar-refractivity contribution in [3.05, 3.63) is 53.1 Å². The first-order valence-corrected chi connectivity index (χ1v) is 9.52. The molecule has 0 aromatic heterocycles. The first kappa shape index (κ1) is 17.9. The number of nitrogens with one attached hydrogen (secondary N) is 1. The molecule has 2 aromatic carbocycles. The highest BCUT2D eigenvalue weighted by Gasteiger charge is 2.29. The maximum absolute atomic E-state index is 12.8. The van der Waals surface area contributed by atoms with E-state index in [1.807, 2.05) is 37.3 Å². The van der Waals surface area contributed by atoms with Crippen LogP contribution >= 0.6 is 0 Å². The number of carbonyl (C=O) groups excluding carboxylic acids is 1. The SMILES string of the molecule is COc1ccc(C2CC(=O)c3cc(N4CCN[C@@H](C)C4)ccc3O2)cc1C. The average Bonchev–Trinajstić information content (AvgIpc) is 2.67. The summed E-state index contributed by atoms with van der Waals surface area (Å²) in [4.78, 5) is 15.2. The molecule has 0 amide bonds. The maximum Gasteiger partial charge on any atom is 0.170 e. The number of nitrogens with zero attached hydrogens (tertiary/aromatic N) is 1. The van der Waals surface area contributed by atoms with Crippen LogP contribution in [0.1, 0.15) is 40.9 Å². The number of piperazine rings is 1. The molecule has 5 nitrogen and oxygen atoms in total. The number of methoxy groups -OCH3 is 1. The summed E-state index contributed by atoms with van der Waals surface area (Å²) in [6, 6.07) is 12.4. The topological polar surface area (TPSA) is 50.8 Å². The van der Waals surface area contributed by atoms with Crippen molar-refractivity contribution < 1.29 is 14.3 Å². The summed E-state index contributed by atoms with van der Waals surface area (Å²) in [6.45, 7) is 7.04. The Bertz CT molecular complexity index is 865. The number of hydrogen-bond acceptors (Lipinski definition) is 5. The van der Waals surface area contributed by atoms with Gasteiger partial charge in [0, 0.05) is 31.4 Å². The molecule has 2 atom stereocenters. The Morgan fingerprint density at radius 3 is 2.81 bits per heavy atom. The molecule has 1 saturated heterocycles. The lowest BCUT2D eigenvalue weighted by atomic mass is 9.95. The summed E-state index contributed by atoms with van der Waals surface area (Å²) in [5.41, 5.74) is 3.84. The van der Waals surface area contributed by atoms with Crippen LogP contribution in [0.15, 0.2) is 36.4 Å². The summed E-state index contributed by atoms with van der Waals surface area (Å²) in [5.74, 6) is 1.66. The second kappa shape index (κ2) is 7.24. The third-order valence-corrected chi connectivity index (χ3v) is 5.43. The lowest BCUT2D eigenvalue weighted by Gasteiger charge is -2.34. The van der Waals surface area contributed by atoms with E-state index in [0.717, 1.165) is 42.2 Å². The second-order valence-corrected chi connectivity index (χ2v) is 7.44. The Kier molecular flexibility index (Phi) is 4.79. The Labute approximate surface area is 160 Å². The second-order valence-electron chi connectivity index (χ2n) is 7.44. The maximum atomic E-state index is 12.8. The van der Waals surface area contributed by atoms with Gasteiger partial charge >= 0.3 is 0 Å². The fourth-order valence-corrected chi connectivity index (χ4v) is 3.96. The van der Waals surface area contributed by atoms with Crippen LogP contribution in [0, 0.1) is 6.92 Å². The number of aryl methyl sites for hydroxylation is 1. The van der Waals surface area contributed by atoms with Crippen molar-refractivity contribution in [3.8, 4) is 11.5 Å². The Morgan fingerprint density at radius 1 is 1.22 bits per heavy atom. The van der Waals surface area contributed by atoms with E-state index in [1.54, 1.807) is 7.11 Å². The van der Waals surface area contributed by atoms with Gasteiger partial charge in [0.15, 0.2) is 5.78 Å². The van der Waals surface area contributed by atoms with E-state index in [1.165, 1.54) is 0 Å². The summed E-state index contributed by atoms with van der Waals surface area (Å²) >= 11 is 0. The van der Waals surface area contributed by atoms with Crippen molar-refractivity contribution in [1.29, 1.82) is 0 Å². The van der Waals surface area contributed by atoms with E-state index in [9.17, 15) is 4.79 Å². The average molecular weight is 366 g/mol. The van der Waals surface area contributed by atoms with E-state index in [-0.39, 0.29) is 11.9 Å². The van der Waals surface area contributed by atoms with Gasteiger partial charge < -0.3 is 19.7 Å². The monoisotopic (exact) mass is 366 g/mol. The number of anilines is 1.